The van der Waals surface area contributed by atoms with E-state index in [1.54, 1.807) is 25.1 Å². The van der Waals surface area contributed by atoms with Crippen molar-refractivity contribution in [1.82, 2.24) is 10.6 Å². The summed E-state index contributed by atoms with van der Waals surface area (Å²) in [7, 11) is 0. The van der Waals surface area contributed by atoms with Crippen LogP contribution in [0.1, 0.15) is 28.8 Å². The van der Waals surface area contributed by atoms with Gasteiger partial charge in [0.15, 0.2) is 0 Å². The molecule has 19 heavy (non-hydrogen) atoms. The highest BCUT2D eigenvalue weighted by Crippen LogP contribution is 2.28. The zero-order valence-corrected chi connectivity index (χ0v) is 10.9. The van der Waals surface area contributed by atoms with Crippen LogP contribution in [0.4, 0.5) is 0 Å². The van der Waals surface area contributed by atoms with E-state index in [0.29, 0.717) is 24.2 Å². The molecule has 1 aromatic carbocycles. The molecule has 102 valence electrons. The van der Waals surface area contributed by atoms with Crippen molar-refractivity contribution >= 4 is 11.8 Å². The molecule has 2 rings (SSSR count). The average molecular weight is 262 g/mol. The summed E-state index contributed by atoms with van der Waals surface area (Å²) in [5.41, 5.74) is 1.01. The number of carbonyl (C=O) groups is 2. The Kier molecular flexibility index (Phi) is 4.04. The molecule has 0 bridgehead atoms. The molecular weight excluding hydrogens is 244 g/mol. The molecule has 5 nitrogen and oxygen atoms in total. The molecule has 1 saturated carbocycles. The van der Waals surface area contributed by atoms with Crippen LogP contribution in [0.25, 0.3) is 0 Å². The standard InChI is InChI=1S/C14H18N2O3/c1-9-11(3-2-4-12(9)17)14(19)16-8-7-15-13(18)10-5-6-10/h2-4,10,17H,5-8H2,1H3,(H,15,18)(H,16,19). The number of nitrogens with one attached hydrogen (secondary N) is 2. The van der Waals surface area contributed by atoms with Crippen LogP contribution in [0.5, 0.6) is 5.75 Å². The van der Waals surface area contributed by atoms with Gasteiger partial charge in [0.05, 0.1) is 0 Å². The molecule has 0 saturated heterocycles. The Morgan fingerprint density at radius 1 is 1.26 bits per heavy atom. The Morgan fingerprint density at radius 3 is 2.63 bits per heavy atom. The lowest BCUT2D eigenvalue weighted by atomic mass is 10.1. The van der Waals surface area contributed by atoms with E-state index in [4.69, 9.17) is 0 Å². The minimum Gasteiger partial charge on any atom is -0.508 e. The fourth-order valence-corrected chi connectivity index (χ4v) is 1.82. The first-order valence-electron chi connectivity index (χ1n) is 6.44. The first kappa shape index (κ1) is 13.4. The van der Waals surface area contributed by atoms with Gasteiger partial charge in [0.1, 0.15) is 5.75 Å². The van der Waals surface area contributed by atoms with Crippen molar-refractivity contribution in [3.8, 4) is 5.75 Å². The average Bonchev–Trinajstić information content (AvgIpc) is 3.21. The lowest BCUT2D eigenvalue weighted by molar-refractivity contribution is -0.122. The van der Waals surface area contributed by atoms with Crippen molar-refractivity contribution in [2.75, 3.05) is 13.1 Å². The van der Waals surface area contributed by atoms with Crippen LogP contribution < -0.4 is 10.6 Å². The minimum absolute atomic E-state index is 0.0720. The highest BCUT2D eigenvalue weighted by atomic mass is 16.3. The van der Waals surface area contributed by atoms with Crippen molar-refractivity contribution in [3.05, 3.63) is 29.3 Å². The Balaban J connectivity index is 1.77. The van der Waals surface area contributed by atoms with Crippen LogP contribution in [-0.2, 0) is 4.79 Å². The SMILES string of the molecule is Cc1c(O)cccc1C(=O)NCCNC(=O)C1CC1. The molecule has 3 N–H and O–H groups in total. The topological polar surface area (TPSA) is 78.4 Å². The first-order valence-corrected chi connectivity index (χ1v) is 6.44. The van der Waals surface area contributed by atoms with E-state index in [1.807, 2.05) is 0 Å². The summed E-state index contributed by atoms with van der Waals surface area (Å²) in [5, 5.41) is 15.0. The largest absolute Gasteiger partial charge is 0.508 e. The van der Waals surface area contributed by atoms with Gasteiger partial charge in [-0.3, -0.25) is 9.59 Å². The summed E-state index contributed by atoms with van der Waals surface area (Å²) in [6.07, 6.45) is 1.95. The zero-order chi connectivity index (χ0) is 13.8. The monoisotopic (exact) mass is 262 g/mol. The number of aromatic hydroxyl groups is 1. The summed E-state index contributed by atoms with van der Waals surface area (Å²) in [6, 6.07) is 4.83. The van der Waals surface area contributed by atoms with Crippen LogP contribution in [0, 0.1) is 12.8 Å². The van der Waals surface area contributed by atoms with Crippen molar-refractivity contribution in [2.24, 2.45) is 5.92 Å². The zero-order valence-electron chi connectivity index (χ0n) is 10.9. The molecular formula is C14H18N2O3. The molecule has 0 aromatic heterocycles. The molecule has 0 spiro atoms. The van der Waals surface area contributed by atoms with Gasteiger partial charge in [0.25, 0.3) is 5.91 Å². The second-order valence-electron chi connectivity index (χ2n) is 4.77. The summed E-state index contributed by atoms with van der Waals surface area (Å²) in [4.78, 5) is 23.2. The molecule has 0 radical (unpaired) electrons. The number of phenolic OH excluding ortho intramolecular Hbond substituents is 1. The van der Waals surface area contributed by atoms with Gasteiger partial charge in [0, 0.05) is 30.1 Å². The van der Waals surface area contributed by atoms with E-state index < -0.39 is 0 Å². The molecule has 0 aliphatic heterocycles. The molecule has 5 heteroatoms. The number of carbonyl (C=O) groups excluding carboxylic acids is 2. The number of benzene rings is 1. The van der Waals surface area contributed by atoms with Gasteiger partial charge in [-0.25, -0.2) is 0 Å². The Hall–Kier alpha value is -2.04. The number of rotatable bonds is 5. The van der Waals surface area contributed by atoms with E-state index >= 15 is 0 Å². The molecule has 1 aliphatic rings. The third-order valence-electron chi connectivity index (χ3n) is 3.21. The lowest BCUT2D eigenvalue weighted by Gasteiger charge is -2.09. The predicted octanol–water partition coefficient (Wildman–Crippen LogP) is 0.957. The highest BCUT2D eigenvalue weighted by Gasteiger charge is 2.28. The first-order chi connectivity index (χ1) is 9.09. The maximum Gasteiger partial charge on any atom is 0.251 e. The Morgan fingerprint density at radius 2 is 1.95 bits per heavy atom. The molecule has 0 unspecified atom stereocenters. The number of hydrogen-bond acceptors (Lipinski definition) is 3. The Bertz CT molecular complexity index is 495. The van der Waals surface area contributed by atoms with Crippen molar-refractivity contribution in [2.45, 2.75) is 19.8 Å². The second kappa shape index (κ2) is 5.73. The fourth-order valence-electron chi connectivity index (χ4n) is 1.82. The third-order valence-corrected chi connectivity index (χ3v) is 3.21. The number of phenols is 1. The highest BCUT2D eigenvalue weighted by molar-refractivity contribution is 5.96. The molecule has 0 atom stereocenters. The van der Waals surface area contributed by atoms with Gasteiger partial charge in [-0.2, -0.15) is 0 Å². The predicted molar refractivity (Wildman–Crippen MR) is 70.9 cm³/mol. The second-order valence-corrected chi connectivity index (χ2v) is 4.77. The van der Waals surface area contributed by atoms with Crippen molar-refractivity contribution in [1.29, 1.82) is 0 Å². The van der Waals surface area contributed by atoms with Gasteiger partial charge >= 0.3 is 0 Å². The van der Waals surface area contributed by atoms with Gasteiger partial charge in [0.2, 0.25) is 5.91 Å². The van der Waals surface area contributed by atoms with Crippen LogP contribution in [0.2, 0.25) is 0 Å². The van der Waals surface area contributed by atoms with E-state index in [0.717, 1.165) is 12.8 Å². The third kappa shape index (κ3) is 3.47. The van der Waals surface area contributed by atoms with Gasteiger partial charge in [-0.15, -0.1) is 0 Å². The summed E-state index contributed by atoms with van der Waals surface area (Å²) >= 11 is 0. The van der Waals surface area contributed by atoms with Crippen LogP contribution >= 0.6 is 0 Å². The minimum atomic E-state index is -0.242. The van der Waals surface area contributed by atoms with Crippen LogP contribution in [0.15, 0.2) is 18.2 Å². The van der Waals surface area contributed by atoms with Gasteiger partial charge < -0.3 is 15.7 Å². The van der Waals surface area contributed by atoms with E-state index in [-0.39, 0.29) is 23.5 Å². The lowest BCUT2D eigenvalue weighted by Crippen LogP contribution is -2.35. The molecule has 1 aliphatic carbocycles. The Labute approximate surface area is 112 Å². The molecule has 1 fully saturated rings. The maximum atomic E-state index is 11.9. The maximum absolute atomic E-state index is 11.9. The van der Waals surface area contributed by atoms with E-state index in [1.165, 1.54) is 0 Å². The fraction of sp³-hybridized carbons (Fsp3) is 0.429. The number of hydrogen-bond donors (Lipinski definition) is 3. The van der Waals surface area contributed by atoms with Crippen LogP contribution in [0.3, 0.4) is 0 Å². The van der Waals surface area contributed by atoms with E-state index in [2.05, 4.69) is 10.6 Å². The summed E-state index contributed by atoms with van der Waals surface area (Å²) in [5.74, 6) is 0.121. The van der Waals surface area contributed by atoms with Crippen molar-refractivity contribution < 1.29 is 14.7 Å². The van der Waals surface area contributed by atoms with E-state index in [9.17, 15) is 14.7 Å². The summed E-state index contributed by atoms with van der Waals surface area (Å²) in [6.45, 7) is 2.50. The van der Waals surface area contributed by atoms with Gasteiger partial charge in [-0.05, 0) is 31.9 Å². The smallest absolute Gasteiger partial charge is 0.251 e. The normalized spacial score (nSPS) is 13.9. The summed E-state index contributed by atoms with van der Waals surface area (Å²) < 4.78 is 0. The van der Waals surface area contributed by atoms with Crippen molar-refractivity contribution in [3.63, 3.8) is 0 Å². The molecule has 1 aromatic rings. The molecule has 0 heterocycles. The molecule has 2 amide bonds. The van der Waals surface area contributed by atoms with Crippen LogP contribution in [-0.4, -0.2) is 30.0 Å². The van der Waals surface area contributed by atoms with Gasteiger partial charge in [-0.1, -0.05) is 6.07 Å². The quantitative estimate of drug-likeness (QED) is 0.691. The number of amides is 2.